The van der Waals surface area contributed by atoms with Crippen LogP contribution in [0.25, 0.3) is 5.69 Å². The van der Waals surface area contributed by atoms with Crippen molar-refractivity contribution >= 4 is 11.7 Å². The average molecular weight is 457 g/mol. The van der Waals surface area contributed by atoms with E-state index in [1.165, 1.54) is 23.3 Å². The van der Waals surface area contributed by atoms with Gasteiger partial charge >= 0.3 is 6.18 Å². The monoisotopic (exact) mass is 457 g/mol. The number of aromatic nitrogens is 5. The Kier molecular flexibility index (Phi) is 5.06. The molecule has 3 unspecified atom stereocenters. The van der Waals surface area contributed by atoms with Crippen molar-refractivity contribution in [2.45, 2.75) is 38.0 Å². The molecule has 0 spiro atoms. The number of nitrogens with zero attached hydrogens (tertiary/aromatic N) is 7. The van der Waals surface area contributed by atoms with E-state index < -0.39 is 11.7 Å². The van der Waals surface area contributed by atoms with Crippen molar-refractivity contribution in [2.75, 3.05) is 18.5 Å². The van der Waals surface area contributed by atoms with E-state index in [4.69, 9.17) is 0 Å². The maximum absolute atomic E-state index is 13.6. The van der Waals surface area contributed by atoms with Gasteiger partial charge in [0.25, 0.3) is 5.91 Å². The van der Waals surface area contributed by atoms with Crippen LogP contribution in [-0.4, -0.2) is 61.4 Å². The van der Waals surface area contributed by atoms with Gasteiger partial charge in [0.2, 0.25) is 0 Å². The van der Waals surface area contributed by atoms with E-state index in [2.05, 4.69) is 20.2 Å². The molecule has 0 radical (unpaired) electrons. The highest BCUT2D eigenvalue weighted by Gasteiger charge is 2.49. The second-order valence-corrected chi connectivity index (χ2v) is 8.58. The van der Waals surface area contributed by atoms with Gasteiger partial charge in [0.1, 0.15) is 11.5 Å². The lowest BCUT2D eigenvalue weighted by Gasteiger charge is -2.38. The van der Waals surface area contributed by atoms with Crippen LogP contribution in [0.4, 0.5) is 19.0 Å². The Labute approximate surface area is 188 Å². The van der Waals surface area contributed by atoms with Crippen LogP contribution in [0.5, 0.6) is 0 Å². The van der Waals surface area contributed by atoms with Crippen molar-refractivity contribution in [3.63, 3.8) is 0 Å². The number of piperidine rings is 1. The minimum absolute atomic E-state index is 0.0481. The highest BCUT2D eigenvalue weighted by atomic mass is 19.4. The third-order valence-electron chi connectivity index (χ3n) is 6.49. The molecule has 8 nitrogen and oxygen atoms in total. The van der Waals surface area contributed by atoms with Crippen molar-refractivity contribution in [3.05, 3.63) is 59.8 Å². The molecule has 1 saturated heterocycles. The van der Waals surface area contributed by atoms with Gasteiger partial charge in [0.05, 0.1) is 30.0 Å². The van der Waals surface area contributed by atoms with Crippen LogP contribution in [0.3, 0.4) is 0 Å². The molecule has 3 atom stereocenters. The first-order valence-corrected chi connectivity index (χ1v) is 10.6. The number of likely N-dealkylation sites (tertiary alicyclic amines) is 1. The topological polar surface area (TPSA) is 80.0 Å². The van der Waals surface area contributed by atoms with E-state index in [0.29, 0.717) is 29.7 Å². The molecular weight excluding hydrogens is 435 g/mol. The quantitative estimate of drug-likeness (QED) is 0.599. The van der Waals surface area contributed by atoms with Crippen LogP contribution in [0.15, 0.2) is 42.9 Å². The van der Waals surface area contributed by atoms with Gasteiger partial charge in [-0.05, 0) is 49.9 Å². The number of pyridine rings is 2. The molecule has 2 aliphatic rings. The summed E-state index contributed by atoms with van der Waals surface area (Å²) in [5.41, 5.74) is 0.719. The highest BCUT2D eigenvalue weighted by molar-refractivity contribution is 5.96. The average Bonchev–Trinajstić information content (AvgIpc) is 3.55. The van der Waals surface area contributed by atoms with Crippen LogP contribution >= 0.6 is 0 Å². The van der Waals surface area contributed by atoms with Gasteiger partial charge in [0.15, 0.2) is 5.69 Å². The van der Waals surface area contributed by atoms with E-state index in [1.54, 1.807) is 12.1 Å². The molecule has 1 aliphatic carbocycles. The zero-order valence-electron chi connectivity index (χ0n) is 18.1. The van der Waals surface area contributed by atoms with Gasteiger partial charge < -0.3 is 9.80 Å². The molecule has 11 heteroatoms. The third kappa shape index (κ3) is 3.81. The number of hydrogen-bond donors (Lipinski definition) is 0. The Balaban J connectivity index is 1.40. The molecule has 1 saturated carbocycles. The maximum atomic E-state index is 13.6. The Hall–Kier alpha value is -3.50. The summed E-state index contributed by atoms with van der Waals surface area (Å²) in [6.07, 6.45) is 1.18. The van der Waals surface area contributed by atoms with Gasteiger partial charge in [-0.25, -0.2) is 9.97 Å². The molecule has 33 heavy (non-hydrogen) atoms. The van der Waals surface area contributed by atoms with Gasteiger partial charge in [-0.2, -0.15) is 23.4 Å². The summed E-state index contributed by atoms with van der Waals surface area (Å²) < 4.78 is 38.7. The maximum Gasteiger partial charge on any atom is 0.417 e. The largest absolute Gasteiger partial charge is 0.417 e. The van der Waals surface area contributed by atoms with Gasteiger partial charge in [0, 0.05) is 25.5 Å². The second kappa shape index (κ2) is 7.82. The van der Waals surface area contributed by atoms with Gasteiger partial charge in [-0.1, -0.05) is 0 Å². The van der Waals surface area contributed by atoms with E-state index in [9.17, 15) is 18.0 Å². The van der Waals surface area contributed by atoms with E-state index >= 15 is 0 Å². The lowest BCUT2D eigenvalue weighted by atomic mass is 10.0. The SMILES string of the molecule is Cc1ccc(-n2nccn2)c(C(=O)N2CC3CC2C(N(C)c2ccc(C(F)(F)F)cn2)C3)n1. The molecule has 0 N–H and O–H groups in total. The lowest BCUT2D eigenvalue weighted by Crippen LogP contribution is -2.51. The summed E-state index contributed by atoms with van der Waals surface area (Å²) >= 11 is 0. The Morgan fingerprint density at radius 1 is 1.12 bits per heavy atom. The molecule has 3 aromatic rings. The molecule has 1 aliphatic heterocycles. The van der Waals surface area contributed by atoms with Crippen LogP contribution in [0.1, 0.15) is 34.6 Å². The molecule has 5 rings (SSSR count). The third-order valence-corrected chi connectivity index (χ3v) is 6.49. The van der Waals surface area contributed by atoms with Crippen molar-refractivity contribution < 1.29 is 18.0 Å². The summed E-state index contributed by atoms with van der Waals surface area (Å²) in [5.74, 6) is 0.567. The lowest BCUT2D eigenvalue weighted by molar-refractivity contribution is -0.137. The van der Waals surface area contributed by atoms with E-state index in [-0.39, 0.29) is 23.7 Å². The molecule has 2 bridgehead atoms. The first-order valence-electron chi connectivity index (χ1n) is 10.6. The minimum Gasteiger partial charge on any atom is -0.355 e. The van der Waals surface area contributed by atoms with Crippen molar-refractivity contribution in [3.8, 4) is 5.69 Å². The molecule has 2 fully saturated rings. The number of amides is 1. The molecule has 0 aromatic carbocycles. The number of rotatable bonds is 4. The van der Waals surface area contributed by atoms with Crippen molar-refractivity contribution in [1.82, 2.24) is 29.9 Å². The summed E-state index contributed by atoms with van der Waals surface area (Å²) in [6.45, 7) is 2.44. The molecule has 3 aromatic heterocycles. The van der Waals surface area contributed by atoms with E-state index in [1.807, 2.05) is 23.8 Å². The summed E-state index contributed by atoms with van der Waals surface area (Å²) in [5, 5.41) is 8.28. The number of alkyl halides is 3. The molecule has 172 valence electrons. The number of hydrogen-bond acceptors (Lipinski definition) is 6. The van der Waals surface area contributed by atoms with Crippen LogP contribution in [-0.2, 0) is 6.18 Å². The molecular formula is C22H22F3N7O. The van der Waals surface area contributed by atoms with Gasteiger partial charge in [-0.3, -0.25) is 4.79 Å². The normalized spacial score (nSPS) is 22.1. The number of carbonyl (C=O) groups is 1. The van der Waals surface area contributed by atoms with Crippen LogP contribution in [0, 0.1) is 12.8 Å². The van der Waals surface area contributed by atoms with Crippen LogP contribution in [0.2, 0.25) is 0 Å². The van der Waals surface area contributed by atoms with Crippen molar-refractivity contribution in [2.24, 2.45) is 5.92 Å². The Bertz CT molecular complexity index is 1160. The number of carbonyl (C=O) groups excluding carboxylic acids is 1. The zero-order valence-corrected chi connectivity index (χ0v) is 18.1. The number of anilines is 1. The van der Waals surface area contributed by atoms with Crippen molar-refractivity contribution in [1.29, 1.82) is 0 Å². The molecule has 4 heterocycles. The zero-order chi connectivity index (χ0) is 23.3. The number of halogens is 3. The predicted molar refractivity (Wildman–Crippen MR) is 113 cm³/mol. The number of fused-ring (bicyclic) bond motifs is 2. The smallest absolute Gasteiger partial charge is 0.355 e. The Morgan fingerprint density at radius 2 is 1.88 bits per heavy atom. The highest BCUT2D eigenvalue weighted by Crippen LogP contribution is 2.42. The fourth-order valence-corrected chi connectivity index (χ4v) is 4.92. The summed E-state index contributed by atoms with van der Waals surface area (Å²) in [7, 11) is 1.81. The standard InChI is InChI=1S/C22H22F3N7O/c1-13-3-5-16(32-27-7-8-28-32)20(29-13)21(33)31-12-14-9-17(18(31)10-14)30(2)19-6-4-15(11-26-19)22(23,24)25/h3-8,11,14,17-18H,9-10,12H2,1-2H3. The predicted octanol–water partition coefficient (Wildman–Crippen LogP) is 3.12. The fraction of sp³-hybridized carbons (Fsp3) is 0.409. The van der Waals surface area contributed by atoms with E-state index in [0.717, 1.165) is 25.1 Å². The first kappa shape index (κ1) is 21.4. The molecule has 1 amide bonds. The summed E-state index contributed by atoms with van der Waals surface area (Å²) in [4.78, 5) is 27.2. The second-order valence-electron chi connectivity index (χ2n) is 8.58. The first-order chi connectivity index (χ1) is 15.7. The fourth-order valence-electron chi connectivity index (χ4n) is 4.92. The Morgan fingerprint density at radius 3 is 2.52 bits per heavy atom. The number of likely N-dealkylation sites (N-methyl/N-ethyl adjacent to an activating group) is 1. The number of aryl methyl sites for hydroxylation is 1. The summed E-state index contributed by atoms with van der Waals surface area (Å²) in [6, 6.07) is 5.86. The van der Waals surface area contributed by atoms with Gasteiger partial charge in [-0.15, -0.1) is 4.80 Å². The minimum atomic E-state index is -4.43. The van der Waals surface area contributed by atoms with Crippen LogP contribution < -0.4 is 4.90 Å².